The summed E-state index contributed by atoms with van der Waals surface area (Å²) in [6, 6.07) is 0. The second-order valence-corrected chi connectivity index (χ2v) is 4.98. The van der Waals surface area contributed by atoms with Gasteiger partial charge < -0.3 is 10.1 Å². The Morgan fingerprint density at radius 1 is 1.37 bits per heavy atom. The van der Waals surface area contributed by atoms with Crippen LogP contribution in [0.4, 0.5) is 17.6 Å². The Morgan fingerprint density at radius 3 is 2.53 bits per heavy atom. The Morgan fingerprint density at radius 2 is 2.05 bits per heavy atom. The number of allylic oxidation sites excluding steroid dienone is 3. The first-order valence-electron chi connectivity index (χ1n) is 6.41. The van der Waals surface area contributed by atoms with Crippen LogP contribution in [0.2, 0.25) is 0 Å². The van der Waals surface area contributed by atoms with Gasteiger partial charge in [-0.25, -0.2) is 4.39 Å². The Bertz CT molecular complexity index is 396. The summed E-state index contributed by atoms with van der Waals surface area (Å²) in [6.45, 7) is 3.61. The Hall–Kier alpha value is -1.04. The van der Waals surface area contributed by atoms with Crippen molar-refractivity contribution >= 4 is 0 Å². The quantitative estimate of drug-likeness (QED) is 0.797. The van der Waals surface area contributed by atoms with Crippen molar-refractivity contribution in [2.24, 2.45) is 11.8 Å². The van der Waals surface area contributed by atoms with Gasteiger partial charge in [0.25, 0.3) is 0 Å². The van der Waals surface area contributed by atoms with Crippen molar-refractivity contribution in [2.75, 3.05) is 19.7 Å². The van der Waals surface area contributed by atoms with Crippen molar-refractivity contribution in [1.82, 2.24) is 5.32 Å². The maximum absolute atomic E-state index is 13.7. The van der Waals surface area contributed by atoms with Gasteiger partial charge in [-0.2, -0.15) is 13.2 Å². The molecular formula is C13H17F4NO. The van der Waals surface area contributed by atoms with Gasteiger partial charge in [0.2, 0.25) is 0 Å². The van der Waals surface area contributed by atoms with Crippen LogP contribution in [0.3, 0.4) is 0 Å². The first-order valence-corrected chi connectivity index (χ1v) is 6.41. The minimum atomic E-state index is -4.40. The first-order chi connectivity index (χ1) is 8.91. The number of alkyl halides is 3. The van der Waals surface area contributed by atoms with E-state index in [1.54, 1.807) is 6.92 Å². The standard InChI is InChI=1S/C13H17F4NO/c1-2-9-3-12(19-7-8-5-18-6-8)11(14)4-10(9)13(15,16)17/h3,8,10,18H,2,4-7H2,1H3. The third-order valence-corrected chi connectivity index (χ3v) is 3.56. The van der Waals surface area contributed by atoms with Crippen LogP contribution in [0.1, 0.15) is 19.8 Å². The predicted octanol–water partition coefficient (Wildman–Crippen LogP) is 3.32. The molecule has 0 bridgehead atoms. The van der Waals surface area contributed by atoms with Crippen LogP contribution in [-0.2, 0) is 4.74 Å². The van der Waals surface area contributed by atoms with Crippen molar-refractivity contribution in [3.05, 3.63) is 23.2 Å². The molecule has 1 fully saturated rings. The number of rotatable bonds is 4. The molecule has 0 aromatic carbocycles. The molecular weight excluding hydrogens is 262 g/mol. The largest absolute Gasteiger partial charge is 0.490 e. The molecule has 108 valence electrons. The number of nitrogens with one attached hydrogen (secondary N) is 1. The molecule has 6 heteroatoms. The highest BCUT2D eigenvalue weighted by molar-refractivity contribution is 5.30. The summed E-state index contributed by atoms with van der Waals surface area (Å²) in [5.74, 6) is -2.22. The van der Waals surface area contributed by atoms with Gasteiger partial charge in [0, 0.05) is 25.4 Å². The van der Waals surface area contributed by atoms with Crippen LogP contribution >= 0.6 is 0 Å². The summed E-state index contributed by atoms with van der Waals surface area (Å²) >= 11 is 0. The molecule has 1 unspecified atom stereocenters. The molecule has 1 N–H and O–H groups in total. The van der Waals surface area contributed by atoms with Crippen molar-refractivity contribution in [1.29, 1.82) is 0 Å². The summed E-state index contributed by atoms with van der Waals surface area (Å²) in [7, 11) is 0. The lowest BCUT2D eigenvalue weighted by Gasteiger charge is -2.29. The third kappa shape index (κ3) is 3.29. The zero-order valence-electron chi connectivity index (χ0n) is 10.7. The van der Waals surface area contributed by atoms with Crippen molar-refractivity contribution in [2.45, 2.75) is 25.9 Å². The molecule has 1 aliphatic carbocycles. The Balaban J connectivity index is 2.05. The number of ether oxygens (including phenoxy) is 1. The van der Waals surface area contributed by atoms with Crippen LogP contribution in [0.25, 0.3) is 0 Å². The monoisotopic (exact) mass is 279 g/mol. The van der Waals surface area contributed by atoms with Crippen molar-refractivity contribution < 1.29 is 22.3 Å². The first kappa shape index (κ1) is 14.4. The number of hydrogen-bond donors (Lipinski definition) is 1. The molecule has 2 aliphatic rings. The van der Waals surface area contributed by atoms with Crippen LogP contribution in [0, 0.1) is 11.8 Å². The van der Waals surface area contributed by atoms with E-state index in [1.165, 1.54) is 6.08 Å². The summed E-state index contributed by atoms with van der Waals surface area (Å²) in [5, 5.41) is 3.05. The second kappa shape index (κ2) is 5.53. The van der Waals surface area contributed by atoms with E-state index in [-0.39, 0.29) is 17.8 Å². The van der Waals surface area contributed by atoms with Gasteiger partial charge in [0.05, 0.1) is 12.5 Å². The smallest absolute Gasteiger partial charge is 0.395 e. The molecule has 1 saturated heterocycles. The lowest BCUT2D eigenvalue weighted by molar-refractivity contribution is -0.165. The molecule has 1 aliphatic heterocycles. The molecule has 0 aromatic rings. The molecule has 0 spiro atoms. The van der Waals surface area contributed by atoms with E-state index in [0.717, 1.165) is 13.1 Å². The van der Waals surface area contributed by atoms with Crippen LogP contribution < -0.4 is 5.32 Å². The molecule has 19 heavy (non-hydrogen) atoms. The predicted molar refractivity (Wildman–Crippen MR) is 63.0 cm³/mol. The van der Waals surface area contributed by atoms with Gasteiger partial charge in [-0.15, -0.1) is 0 Å². The minimum absolute atomic E-state index is 0.0238. The summed E-state index contributed by atoms with van der Waals surface area (Å²) in [4.78, 5) is 0. The maximum Gasteiger partial charge on any atom is 0.395 e. The van der Waals surface area contributed by atoms with Gasteiger partial charge in [-0.05, 0) is 12.5 Å². The summed E-state index contributed by atoms with van der Waals surface area (Å²) in [6.07, 6.45) is -3.57. The Kier molecular flexibility index (Phi) is 4.18. The SMILES string of the molecule is CCC1=CC(OCC2CNC2)=C(F)CC1C(F)(F)F. The number of halogens is 4. The van der Waals surface area contributed by atoms with Gasteiger partial charge in [0.15, 0.2) is 5.76 Å². The van der Waals surface area contributed by atoms with E-state index in [2.05, 4.69) is 5.32 Å². The van der Waals surface area contributed by atoms with E-state index >= 15 is 0 Å². The molecule has 2 nitrogen and oxygen atoms in total. The highest BCUT2D eigenvalue weighted by Gasteiger charge is 2.44. The fourth-order valence-corrected chi connectivity index (χ4v) is 2.23. The van der Waals surface area contributed by atoms with Crippen LogP contribution in [0.5, 0.6) is 0 Å². The molecule has 2 rings (SSSR count). The second-order valence-electron chi connectivity index (χ2n) is 4.98. The van der Waals surface area contributed by atoms with Gasteiger partial charge in [-0.1, -0.05) is 12.5 Å². The highest BCUT2D eigenvalue weighted by Crippen LogP contribution is 2.42. The molecule has 0 aromatic heterocycles. The van der Waals surface area contributed by atoms with E-state index in [9.17, 15) is 17.6 Å². The van der Waals surface area contributed by atoms with E-state index in [0.29, 0.717) is 12.5 Å². The maximum atomic E-state index is 13.7. The zero-order chi connectivity index (χ0) is 14.0. The summed E-state index contributed by atoms with van der Waals surface area (Å²) < 4.78 is 57.4. The minimum Gasteiger partial charge on any atom is -0.490 e. The lowest BCUT2D eigenvalue weighted by Crippen LogP contribution is -2.44. The van der Waals surface area contributed by atoms with Crippen molar-refractivity contribution in [3.63, 3.8) is 0 Å². The normalized spacial score (nSPS) is 25.1. The van der Waals surface area contributed by atoms with Gasteiger partial charge >= 0.3 is 6.18 Å². The summed E-state index contributed by atoms with van der Waals surface area (Å²) in [5.41, 5.74) is 0.190. The average molecular weight is 279 g/mol. The molecule has 0 saturated carbocycles. The third-order valence-electron chi connectivity index (χ3n) is 3.56. The van der Waals surface area contributed by atoms with E-state index < -0.39 is 24.3 Å². The van der Waals surface area contributed by atoms with Crippen LogP contribution in [0.15, 0.2) is 23.2 Å². The zero-order valence-corrected chi connectivity index (χ0v) is 10.7. The molecule has 1 heterocycles. The fourth-order valence-electron chi connectivity index (χ4n) is 2.23. The van der Waals surface area contributed by atoms with E-state index in [4.69, 9.17) is 4.74 Å². The molecule has 0 amide bonds. The topological polar surface area (TPSA) is 21.3 Å². The molecule has 1 atom stereocenters. The number of hydrogen-bond acceptors (Lipinski definition) is 2. The van der Waals surface area contributed by atoms with E-state index in [1.807, 2.05) is 0 Å². The Labute approximate surface area is 109 Å². The fraction of sp³-hybridized carbons (Fsp3) is 0.692. The van der Waals surface area contributed by atoms with Gasteiger partial charge in [0.1, 0.15) is 5.83 Å². The van der Waals surface area contributed by atoms with Crippen molar-refractivity contribution in [3.8, 4) is 0 Å². The lowest BCUT2D eigenvalue weighted by atomic mass is 9.88. The highest BCUT2D eigenvalue weighted by atomic mass is 19.4. The molecule has 0 radical (unpaired) electrons. The van der Waals surface area contributed by atoms with Gasteiger partial charge in [-0.3, -0.25) is 0 Å². The van der Waals surface area contributed by atoms with Crippen LogP contribution in [-0.4, -0.2) is 25.9 Å². The average Bonchev–Trinajstić information content (AvgIpc) is 2.27.